The zero-order valence-electron chi connectivity index (χ0n) is 10.9. The van der Waals surface area contributed by atoms with E-state index >= 15 is 0 Å². The summed E-state index contributed by atoms with van der Waals surface area (Å²) in [6.07, 6.45) is 1.06. The molecule has 1 aliphatic rings. The predicted molar refractivity (Wildman–Crippen MR) is 76.8 cm³/mol. The minimum absolute atomic E-state index is 0.0542. The van der Waals surface area contributed by atoms with E-state index in [1.807, 2.05) is 0 Å². The minimum Gasteiger partial charge on any atom is -0.507 e. The van der Waals surface area contributed by atoms with Gasteiger partial charge in [0.25, 0.3) is 0 Å². The summed E-state index contributed by atoms with van der Waals surface area (Å²) in [5.41, 5.74) is 3.37. The number of hydrogen-bond acceptors (Lipinski definition) is 4. The molecule has 0 spiro atoms. The molecule has 0 radical (unpaired) electrons. The molecule has 0 bridgehead atoms. The lowest BCUT2D eigenvalue weighted by Crippen LogP contribution is -2.03. The van der Waals surface area contributed by atoms with Crippen LogP contribution in [0.4, 0.5) is 5.69 Å². The van der Waals surface area contributed by atoms with Crippen LogP contribution in [0.1, 0.15) is 31.8 Å². The van der Waals surface area contributed by atoms with E-state index in [2.05, 4.69) is 4.99 Å². The van der Waals surface area contributed by atoms with Gasteiger partial charge in [0.15, 0.2) is 6.29 Å². The van der Waals surface area contributed by atoms with Gasteiger partial charge in [-0.05, 0) is 35.4 Å². The van der Waals surface area contributed by atoms with Gasteiger partial charge in [-0.2, -0.15) is 0 Å². The van der Waals surface area contributed by atoms with Crippen molar-refractivity contribution in [3.05, 3.63) is 58.7 Å². The van der Waals surface area contributed by atoms with Crippen molar-refractivity contribution in [1.82, 2.24) is 0 Å². The van der Waals surface area contributed by atoms with Gasteiger partial charge in [0.2, 0.25) is 0 Å². The topological polar surface area (TPSA) is 87.0 Å². The van der Waals surface area contributed by atoms with Gasteiger partial charge in [-0.25, -0.2) is 4.79 Å². The quantitative estimate of drug-likeness (QED) is 0.846. The lowest BCUT2D eigenvalue weighted by molar-refractivity contribution is 0.0696. The number of aromatic hydroxyl groups is 1. The number of hydrogen-bond donors (Lipinski definition) is 2. The van der Waals surface area contributed by atoms with Crippen molar-refractivity contribution in [3.63, 3.8) is 0 Å². The Bertz CT molecular complexity index is 776. The van der Waals surface area contributed by atoms with Crippen LogP contribution in [0, 0.1) is 0 Å². The van der Waals surface area contributed by atoms with Crippen LogP contribution in [0.2, 0.25) is 0 Å². The lowest BCUT2D eigenvalue weighted by atomic mass is 9.99. The monoisotopic (exact) mass is 281 g/mol. The number of phenols is 1. The van der Waals surface area contributed by atoms with Gasteiger partial charge in [-0.15, -0.1) is 0 Å². The third kappa shape index (κ3) is 2.18. The normalized spacial score (nSPS) is 12.7. The molecule has 5 nitrogen and oxygen atoms in total. The van der Waals surface area contributed by atoms with E-state index in [0.717, 1.165) is 11.3 Å². The lowest BCUT2D eigenvalue weighted by Gasteiger charge is -2.04. The number of carbonyl (C=O) groups excluding carboxylic acids is 1. The first-order valence-electron chi connectivity index (χ1n) is 6.31. The molecule has 21 heavy (non-hydrogen) atoms. The van der Waals surface area contributed by atoms with Crippen LogP contribution in [-0.4, -0.2) is 28.2 Å². The Balaban J connectivity index is 1.97. The van der Waals surface area contributed by atoms with Crippen LogP contribution >= 0.6 is 0 Å². The fourth-order valence-corrected chi connectivity index (χ4v) is 2.39. The summed E-state index contributed by atoms with van der Waals surface area (Å²) in [7, 11) is 0. The van der Waals surface area contributed by atoms with E-state index in [9.17, 15) is 14.7 Å². The van der Waals surface area contributed by atoms with Crippen molar-refractivity contribution in [1.29, 1.82) is 0 Å². The van der Waals surface area contributed by atoms with Gasteiger partial charge < -0.3 is 10.2 Å². The molecule has 104 valence electrons. The summed E-state index contributed by atoms with van der Waals surface area (Å²) in [5.74, 6) is -1.03. The largest absolute Gasteiger partial charge is 0.507 e. The molecule has 0 fully saturated rings. The number of rotatable bonds is 3. The first-order chi connectivity index (χ1) is 10.1. The van der Waals surface area contributed by atoms with Crippen LogP contribution in [0.15, 0.2) is 41.4 Å². The number of phenolic OH excluding ortho intramolecular Hbond substituents is 1. The summed E-state index contributed by atoms with van der Waals surface area (Å²) >= 11 is 0. The maximum absolute atomic E-state index is 11.1. The van der Waals surface area contributed by atoms with Crippen molar-refractivity contribution < 1.29 is 19.8 Å². The van der Waals surface area contributed by atoms with Gasteiger partial charge >= 0.3 is 5.97 Å². The first-order valence-corrected chi connectivity index (χ1v) is 6.31. The Labute approximate surface area is 120 Å². The Morgan fingerprint density at radius 3 is 2.48 bits per heavy atom. The van der Waals surface area contributed by atoms with Crippen molar-refractivity contribution in [2.45, 2.75) is 6.42 Å². The molecule has 0 aliphatic carbocycles. The number of carboxylic acid groups (broad SMARTS) is 1. The standard InChI is InChI=1S/C16H11NO4/c18-8-12-11-7-14(17-13(11)5-6-15(12)19)9-1-3-10(4-2-9)16(20)21/h1-6,8,19H,7H2,(H,20,21). The Kier molecular flexibility index (Phi) is 3.02. The molecule has 2 aromatic carbocycles. The SMILES string of the molecule is O=Cc1c(O)ccc2c1CC(c1ccc(C(=O)O)cc1)=N2. The number of carboxylic acids is 1. The van der Waals surface area contributed by atoms with Crippen LogP contribution < -0.4 is 0 Å². The summed E-state index contributed by atoms with van der Waals surface area (Å²) in [5, 5.41) is 18.6. The van der Waals surface area contributed by atoms with Crippen LogP contribution in [0.25, 0.3) is 0 Å². The molecule has 1 aliphatic heterocycles. The highest BCUT2D eigenvalue weighted by Crippen LogP contribution is 2.35. The molecule has 5 heteroatoms. The molecule has 0 saturated heterocycles. The van der Waals surface area contributed by atoms with E-state index in [0.29, 0.717) is 24.0 Å². The highest BCUT2D eigenvalue weighted by molar-refractivity contribution is 6.08. The molecule has 1 heterocycles. The summed E-state index contributed by atoms with van der Waals surface area (Å²) < 4.78 is 0. The van der Waals surface area contributed by atoms with Gasteiger partial charge in [0.05, 0.1) is 22.5 Å². The van der Waals surface area contributed by atoms with Crippen molar-refractivity contribution in [2.24, 2.45) is 4.99 Å². The molecule has 3 rings (SSSR count). The second-order valence-electron chi connectivity index (χ2n) is 4.73. The third-order valence-electron chi connectivity index (χ3n) is 3.49. The number of fused-ring (bicyclic) bond motifs is 1. The highest BCUT2D eigenvalue weighted by Gasteiger charge is 2.21. The number of aromatic carboxylic acids is 1. The number of nitrogens with zero attached hydrogens (tertiary/aromatic N) is 1. The summed E-state index contributed by atoms with van der Waals surface area (Å²) in [6, 6.07) is 9.52. The van der Waals surface area contributed by atoms with E-state index in [4.69, 9.17) is 5.11 Å². The van der Waals surface area contributed by atoms with Crippen molar-refractivity contribution >= 4 is 23.7 Å². The summed E-state index contributed by atoms with van der Waals surface area (Å²) in [6.45, 7) is 0. The van der Waals surface area contributed by atoms with Crippen LogP contribution in [-0.2, 0) is 6.42 Å². The van der Waals surface area contributed by atoms with Crippen molar-refractivity contribution in [3.8, 4) is 5.75 Å². The molecule has 0 aromatic heterocycles. The molecule has 0 amide bonds. The molecule has 0 unspecified atom stereocenters. The molecular weight excluding hydrogens is 270 g/mol. The average molecular weight is 281 g/mol. The number of aldehydes is 1. The van der Waals surface area contributed by atoms with E-state index in [1.54, 1.807) is 18.2 Å². The Morgan fingerprint density at radius 2 is 1.86 bits per heavy atom. The molecule has 2 N–H and O–H groups in total. The predicted octanol–water partition coefficient (Wildman–Crippen LogP) is 2.58. The van der Waals surface area contributed by atoms with Gasteiger partial charge in [-0.1, -0.05) is 12.1 Å². The van der Waals surface area contributed by atoms with Gasteiger partial charge in [-0.3, -0.25) is 9.79 Å². The maximum atomic E-state index is 11.1. The minimum atomic E-state index is -0.980. The van der Waals surface area contributed by atoms with E-state index in [1.165, 1.54) is 18.2 Å². The zero-order valence-corrected chi connectivity index (χ0v) is 10.9. The van der Waals surface area contributed by atoms with Crippen molar-refractivity contribution in [2.75, 3.05) is 0 Å². The number of benzene rings is 2. The Hall–Kier alpha value is -2.95. The average Bonchev–Trinajstić information content (AvgIpc) is 2.91. The Morgan fingerprint density at radius 1 is 1.14 bits per heavy atom. The van der Waals surface area contributed by atoms with E-state index < -0.39 is 5.97 Å². The fourth-order valence-electron chi connectivity index (χ4n) is 2.39. The summed E-state index contributed by atoms with van der Waals surface area (Å²) in [4.78, 5) is 26.4. The number of aliphatic imine (C=N–C) groups is 1. The van der Waals surface area contributed by atoms with E-state index in [-0.39, 0.29) is 16.9 Å². The maximum Gasteiger partial charge on any atom is 0.335 e. The second-order valence-corrected chi connectivity index (χ2v) is 4.73. The fraction of sp³-hybridized carbons (Fsp3) is 0.0625. The smallest absolute Gasteiger partial charge is 0.335 e. The zero-order chi connectivity index (χ0) is 15.0. The molecule has 0 atom stereocenters. The molecular formula is C16H11NO4. The van der Waals surface area contributed by atoms with Crippen LogP contribution in [0.5, 0.6) is 5.75 Å². The van der Waals surface area contributed by atoms with Gasteiger partial charge in [0.1, 0.15) is 5.75 Å². The second kappa shape index (κ2) is 4.86. The first kappa shape index (κ1) is 13.1. The van der Waals surface area contributed by atoms with Gasteiger partial charge in [0, 0.05) is 6.42 Å². The third-order valence-corrected chi connectivity index (χ3v) is 3.49. The molecule has 2 aromatic rings. The van der Waals surface area contributed by atoms with Crippen LogP contribution in [0.3, 0.4) is 0 Å². The molecule has 0 saturated carbocycles. The highest BCUT2D eigenvalue weighted by atomic mass is 16.4. The number of carbonyl (C=O) groups is 2.